The van der Waals surface area contributed by atoms with Crippen molar-refractivity contribution in [3.63, 3.8) is 0 Å². The first-order valence-corrected chi connectivity index (χ1v) is 4.79. The largest absolute Gasteiger partial charge is 0.421 e. The van der Waals surface area contributed by atoms with Crippen molar-refractivity contribution in [3.05, 3.63) is 48.0 Å². The summed E-state index contributed by atoms with van der Waals surface area (Å²) in [4.78, 5) is 0. The predicted octanol–water partition coefficient (Wildman–Crippen LogP) is 3.32. The zero-order valence-corrected chi connectivity index (χ0v) is 8.88. The lowest BCUT2D eigenvalue weighted by molar-refractivity contribution is -0.265. The van der Waals surface area contributed by atoms with Gasteiger partial charge in [0, 0.05) is 6.42 Å². The van der Waals surface area contributed by atoms with E-state index >= 15 is 0 Å². The van der Waals surface area contributed by atoms with E-state index in [1.807, 2.05) is 0 Å². The van der Waals surface area contributed by atoms with Crippen LogP contribution in [0.2, 0.25) is 0 Å². The summed E-state index contributed by atoms with van der Waals surface area (Å²) in [6.45, 7) is 4.79. The van der Waals surface area contributed by atoms with Gasteiger partial charge in [-0.25, -0.2) is 0 Å². The molecular formula is C12H13F3O. The number of hydrogen-bond donors (Lipinski definition) is 1. The summed E-state index contributed by atoms with van der Waals surface area (Å²) in [6, 6.07) is 5.92. The highest BCUT2D eigenvalue weighted by atomic mass is 19.4. The summed E-state index contributed by atoms with van der Waals surface area (Å²) in [5.74, 6) is 0. The summed E-state index contributed by atoms with van der Waals surface area (Å²) in [5.41, 5.74) is -2.56. The van der Waals surface area contributed by atoms with Crippen LogP contribution in [-0.2, 0) is 5.60 Å². The molecule has 0 aliphatic rings. The van der Waals surface area contributed by atoms with Gasteiger partial charge in [-0.3, -0.25) is 0 Å². The molecule has 4 heteroatoms. The minimum Gasteiger partial charge on any atom is -0.376 e. The SMILES string of the molecule is C=CC[C@@](O)(c1ccccc1C)C(F)(F)F. The molecule has 1 rings (SSSR count). The second-order valence-corrected chi connectivity index (χ2v) is 3.67. The van der Waals surface area contributed by atoms with Crippen LogP contribution in [0.25, 0.3) is 0 Å². The van der Waals surface area contributed by atoms with Crippen LogP contribution in [0.5, 0.6) is 0 Å². The Labute approximate surface area is 92.2 Å². The van der Waals surface area contributed by atoms with Crippen molar-refractivity contribution >= 4 is 0 Å². The van der Waals surface area contributed by atoms with Gasteiger partial charge in [0.15, 0.2) is 5.60 Å². The first-order valence-electron chi connectivity index (χ1n) is 4.79. The van der Waals surface area contributed by atoms with Crippen LogP contribution in [0.4, 0.5) is 13.2 Å². The van der Waals surface area contributed by atoms with Gasteiger partial charge < -0.3 is 5.11 Å². The first kappa shape index (κ1) is 12.8. The summed E-state index contributed by atoms with van der Waals surface area (Å²) in [7, 11) is 0. The second kappa shape index (κ2) is 4.29. The molecule has 1 N–H and O–H groups in total. The fourth-order valence-corrected chi connectivity index (χ4v) is 1.62. The van der Waals surface area contributed by atoms with Gasteiger partial charge in [0.05, 0.1) is 0 Å². The molecule has 0 fully saturated rings. The molecule has 0 aliphatic carbocycles. The Bertz CT molecular complexity index is 384. The number of alkyl halides is 3. The third kappa shape index (κ3) is 2.11. The van der Waals surface area contributed by atoms with Crippen LogP contribution in [0.15, 0.2) is 36.9 Å². The van der Waals surface area contributed by atoms with E-state index < -0.39 is 18.2 Å². The van der Waals surface area contributed by atoms with Gasteiger partial charge in [0.2, 0.25) is 0 Å². The van der Waals surface area contributed by atoms with Crippen LogP contribution in [-0.4, -0.2) is 11.3 Å². The number of halogens is 3. The average Bonchev–Trinajstić information content (AvgIpc) is 2.16. The maximum Gasteiger partial charge on any atom is 0.421 e. The van der Waals surface area contributed by atoms with Crippen LogP contribution in [0, 0.1) is 6.92 Å². The summed E-state index contributed by atoms with van der Waals surface area (Å²) in [5, 5.41) is 9.80. The van der Waals surface area contributed by atoms with Crippen molar-refractivity contribution in [3.8, 4) is 0 Å². The van der Waals surface area contributed by atoms with Gasteiger partial charge in [-0.15, -0.1) is 6.58 Å². The van der Waals surface area contributed by atoms with Crippen LogP contribution in [0.3, 0.4) is 0 Å². The molecule has 0 heterocycles. The monoisotopic (exact) mass is 230 g/mol. The van der Waals surface area contributed by atoms with Crippen LogP contribution >= 0.6 is 0 Å². The first-order chi connectivity index (χ1) is 7.33. The van der Waals surface area contributed by atoms with Crippen molar-refractivity contribution in [2.45, 2.75) is 25.1 Å². The Kier molecular flexibility index (Phi) is 3.43. The minimum absolute atomic E-state index is 0.123. The lowest BCUT2D eigenvalue weighted by Gasteiger charge is -2.31. The molecule has 16 heavy (non-hydrogen) atoms. The van der Waals surface area contributed by atoms with Crippen molar-refractivity contribution in [1.29, 1.82) is 0 Å². The van der Waals surface area contributed by atoms with E-state index in [4.69, 9.17) is 0 Å². The zero-order valence-electron chi connectivity index (χ0n) is 8.88. The van der Waals surface area contributed by atoms with Crippen molar-refractivity contribution in [2.75, 3.05) is 0 Å². The maximum atomic E-state index is 12.9. The molecule has 0 bridgehead atoms. The summed E-state index contributed by atoms with van der Waals surface area (Å²) in [6.07, 6.45) is -4.20. The number of aliphatic hydroxyl groups is 1. The van der Waals surface area contributed by atoms with E-state index in [1.165, 1.54) is 25.1 Å². The Hall–Kier alpha value is -1.29. The Morgan fingerprint density at radius 3 is 2.31 bits per heavy atom. The highest BCUT2D eigenvalue weighted by Gasteiger charge is 2.54. The van der Waals surface area contributed by atoms with E-state index in [1.54, 1.807) is 6.07 Å². The highest BCUT2D eigenvalue weighted by molar-refractivity contribution is 5.33. The third-order valence-corrected chi connectivity index (χ3v) is 2.50. The molecule has 0 amide bonds. The maximum absolute atomic E-state index is 12.9. The molecule has 0 saturated carbocycles. The highest BCUT2D eigenvalue weighted by Crippen LogP contribution is 2.42. The molecule has 0 unspecified atom stereocenters. The summed E-state index contributed by atoms with van der Waals surface area (Å²) >= 11 is 0. The molecule has 0 spiro atoms. The van der Waals surface area contributed by atoms with Gasteiger partial charge >= 0.3 is 6.18 Å². The quantitative estimate of drug-likeness (QED) is 0.790. The Morgan fingerprint density at radius 1 is 1.31 bits per heavy atom. The fourth-order valence-electron chi connectivity index (χ4n) is 1.62. The topological polar surface area (TPSA) is 20.2 Å². The van der Waals surface area contributed by atoms with Gasteiger partial charge in [-0.2, -0.15) is 13.2 Å². The number of aryl methyl sites for hydroxylation is 1. The van der Waals surface area contributed by atoms with E-state index in [0.717, 1.165) is 6.08 Å². The molecule has 1 atom stereocenters. The molecule has 1 aromatic rings. The molecule has 0 aromatic heterocycles. The van der Waals surface area contributed by atoms with Crippen LogP contribution in [0.1, 0.15) is 17.5 Å². The molecule has 1 nitrogen and oxygen atoms in total. The van der Waals surface area contributed by atoms with Crippen molar-refractivity contribution in [2.24, 2.45) is 0 Å². The number of hydrogen-bond acceptors (Lipinski definition) is 1. The van der Waals surface area contributed by atoms with Crippen molar-refractivity contribution < 1.29 is 18.3 Å². The van der Waals surface area contributed by atoms with Gasteiger partial charge in [-0.1, -0.05) is 30.3 Å². The van der Waals surface area contributed by atoms with E-state index in [2.05, 4.69) is 6.58 Å². The van der Waals surface area contributed by atoms with Crippen LogP contribution < -0.4 is 0 Å². The average molecular weight is 230 g/mol. The third-order valence-electron chi connectivity index (χ3n) is 2.50. The fraction of sp³-hybridized carbons (Fsp3) is 0.333. The number of rotatable bonds is 3. The lowest BCUT2D eigenvalue weighted by atomic mass is 9.87. The number of benzene rings is 1. The van der Waals surface area contributed by atoms with E-state index in [9.17, 15) is 18.3 Å². The van der Waals surface area contributed by atoms with E-state index in [-0.39, 0.29) is 5.56 Å². The standard InChI is InChI=1S/C12H13F3O/c1-3-8-11(16,12(13,14)15)10-7-5-4-6-9(10)2/h3-7,16H,1,8H2,2H3/t11-/m1/s1. The molecule has 0 aliphatic heterocycles. The second-order valence-electron chi connectivity index (χ2n) is 3.67. The molecule has 0 saturated heterocycles. The van der Waals surface area contributed by atoms with E-state index in [0.29, 0.717) is 5.56 Å². The Balaban J connectivity index is 3.33. The lowest BCUT2D eigenvalue weighted by Crippen LogP contribution is -2.42. The zero-order chi connectivity index (χ0) is 12.4. The minimum atomic E-state index is -4.71. The van der Waals surface area contributed by atoms with Gasteiger partial charge in [-0.05, 0) is 18.1 Å². The van der Waals surface area contributed by atoms with Crippen molar-refractivity contribution in [1.82, 2.24) is 0 Å². The predicted molar refractivity (Wildman–Crippen MR) is 55.9 cm³/mol. The molecule has 88 valence electrons. The molecule has 1 aromatic carbocycles. The van der Waals surface area contributed by atoms with Gasteiger partial charge in [0.1, 0.15) is 0 Å². The summed E-state index contributed by atoms with van der Waals surface area (Å²) < 4.78 is 38.6. The smallest absolute Gasteiger partial charge is 0.376 e. The normalized spacial score (nSPS) is 15.6. The van der Waals surface area contributed by atoms with Gasteiger partial charge in [0.25, 0.3) is 0 Å². The molecular weight excluding hydrogens is 217 g/mol. The Morgan fingerprint density at radius 2 is 1.88 bits per heavy atom. The molecule has 0 radical (unpaired) electrons.